The molecular formula is C15H29NO. The minimum Gasteiger partial charge on any atom is -0.385 e. The molecule has 2 aliphatic carbocycles. The van der Waals surface area contributed by atoms with Crippen molar-refractivity contribution in [2.24, 2.45) is 23.2 Å². The van der Waals surface area contributed by atoms with Crippen LogP contribution in [-0.2, 0) is 4.74 Å². The predicted molar refractivity (Wildman–Crippen MR) is 72.1 cm³/mol. The number of nitrogens with one attached hydrogen (secondary N) is 1. The highest BCUT2D eigenvalue weighted by atomic mass is 16.5. The normalized spacial score (nSPS) is 36.0. The van der Waals surface area contributed by atoms with Crippen LogP contribution in [0.1, 0.15) is 46.0 Å². The summed E-state index contributed by atoms with van der Waals surface area (Å²) in [6.07, 6.45) is 7.16. The van der Waals surface area contributed by atoms with Crippen LogP contribution in [0.4, 0.5) is 0 Å². The lowest BCUT2D eigenvalue weighted by atomic mass is 9.71. The number of hydrogen-bond donors (Lipinski definition) is 1. The second kappa shape index (κ2) is 5.71. The number of fused-ring (bicyclic) bond motifs is 2. The Bertz CT molecular complexity index is 241. The minimum absolute atomic E-state index is 0.563. The number of ether oxygens (including phenoxy) is 1. The standard InChI is InChI=1S/C15H29NO/c1-12(2)10-16-11-15(6-7-17-3)9-13-4-5-14(15)8-13/h12-14,16H,4-11H2,1-3H3. The lowest BCUT2D eigenvalue weighted by Crippen LogP contribution is -2.40. The van der Waals surface area contributed by atoms with E-state index in [9.17, 15) is 0 Å². The second-order valence-electron chi connectivity index (χ2n) is 6.71. The van der Waals surface area contributed by atoms with Crippen LogP contribution in [0.15, 0.2) is 0 Å². The van der Waals surface area contributed by atoms with E-state index in [1.807, 2.05) is 7.11 Å². The summed E-state index contributed by atoms with van der Waals surface area (Å²) in [6, 6.07) is 0. The molecule has 0 saturated heterocycles. The third-order valence-corrected chi connectivity index (χ3v) is 4.94. The van der Waals surface area contributed by atoms with Gasteiger partial charge in [0.05, 0.1) is 0 Å². The van der Waals surface area contributed by atoms with E-state index in [1.165, 1.54) is 38.6 Å². The molecule has 0 spiro atoms. The van der Waals surface area contributed by atoms with Crippen molar-refractivity contribution >= 4 is 0 Å². The Morgan fingerprint density at radius 3 is 2.71 bits per heavy atom. The zero-order chi connectivity index (χ0) is 12.3. The van der Waals surface area contributed by atoms with Gasteiger partial charge in [0.15, 0.2) is 0 Å². The fraction of sp³-hybridized carbons (Fsp3) is 1.00. The van der Waals surface area contributed by atoms with Gasteiger partial charge in [-0.25, -0.2) is 0 Å². The molecule has 2 aliphatic rings. The molecule has 0 radical (unpaired) electrons. The number of rotatable bonds is 7. The van der Waals surface area contributed by atoms with Gasteiger partial charge in [-0.15, -0.1) is 0 Å². The molecule has 0 amide bonds. The maximum atomic E-state index is 5.34. The van der Waals surface area contributed by atoms with Gasteiger partial charge in [-0.2, -0.15) is 0 Å². The summed E-state index contributed by atoms with van der Waals surface area (Å²) >= 11 is 0. The SMILES string of the molecule is COCCC1(CNCC(C)C)CC2CCC1C2. The monoisotopic (exact) mass is 239 g/mol. The highest BCUT2D eigenvalue weighted by molar-refractivity contribution is 5.01. The van der Waals surface area contributed by atoms with Gasteiger partial charge < -0.3 is 10.1 Å². The molecule has 0 aliphatic heterocycles. The first-order valence-electron chi connectivity index (χ1n) is 7.36. The number of methoxy groups -OCH3 is 1. The van der Waals surface area contributed by atoms with Crippen LogP contribution in [0.25, 0.3) is 0 Å². The van der Waals surface area contributed by atoms with Gasteiger partial charge in [-0.1, -0.05) is 20.3 Å². The first kappa shape index (κ1) is 13.4. The van der Waals surface area contributed by atoms with E-state index >= 15 is 0 Å². The molecule has 2 saturated carbocycles. The molecular weight excluding hydrogens is 210 g/mol. The van der Waals surface area contributed by atoms with Gasteiger partial charge in [0, 0.05) is 20.3 Å². The maximum absolute atomic E-state index is 5.34. The maximum Gasteiger partial charge on any atom is 0.0468 e. The van der Waals surface area contributed by atoms with E-state index < -0.39 is 0 Å². The summed E-state index contributed by atoms with van der Waals surface area (Å²) in [5.74, 6) is 2.76. The van der Waals surface area contributed by atoms with Crippen LogP contribution in [0, 0.1) is 23.2 Å². The van der Waals surface area contributed by atoms with E-state index in [-0.39, 0.29) is 0 Å². The number of hydrogen-bond acceptors (Lipinski definition) is 2. The molecule has 0 aromatic rings. The van der Waals surface area contributed by atoms with Gasteiger partial charge in [0.1, 0.15) is 0 Å². The molecule has 1 N–H and O–H groups in total. The molecule has 100 valence electrons. The topological polar surface area (TPSA) is 21.3 Å². The van der Waals surface area contributed by atoms with E-state index in [0.29, 0.717) is 5.41 Å². The summed E-state index contributed by atoms with van der Waals surface area (Å²) in [5, 5.41) is 3.71. The lowest BCUT2D eigenvalue weighted by molar-refractivity contribution is 0.0861. The van der Waals surface area contributed by atoms with Crippen molar-refractivity contribution in [2.75, 3.05) is 26.8 Å². The molecule has 3 unspecified atom stereocenters. The summed E-state index contributed by atoms with van der Waals surface area (Å²) in [6.45, 7) is 7.89. The van der Waals surface area contributed by atoms with Crippen molar-refractivity contribution in [1.82, 2.24) is 5.32 Å². The Balaban J connectivity index is 1.89. The van der Waals surface area contributed by atoms with Gasteiger partial charge in [-0.3, -0.25) is 0 Å². The summed E-state index contributed by atoms with van der Waals surface area (Å²) in [7, 11) is 1.84. The van der Waals surface area contributed by atoms with Crippen molar-refractivity contribution in [3.8, 4) is 0 Å². The molecule has 0 aromatic carbocycles. The minimum atomic E-state index is 0.563. The third kappa shape index (κ3) is 3.03. The summed E-state index contributed by atoms with van der Waals surface area (Å²) in [4.78, 5) is 0. The van der Waals surface area contributed by atoms with Gasteiger partial charge in [0.25, 0.3) is 0 Å². The van der Waals surface area contributed by atoms with Crippen molar-refractivity contribution in [2.45, 2.75) is 46.0 Å². The molecule has 2 nitrogen and oxygen atoms in total. The quantitative estimate of drug-likeness (QED) is 0.737. The largest absolute Gasteiger partial charge is 0.385 e. The Hall–Kier alpha value is -0.0800. The van der Waals surface area contributed by atoms with E-state index in [0.717, 1.165) is 30.9 Å². The van der Waals surface area contributed by atoms with Crippen LogP contribution in [0.5, 0.6) is 0 Å². The molecule has 2 bridgehead atoms. The Labute approximate surface area is 107 Å². The average Bonchev–Trinajstić information content (AvgIpc) is 2.86. The van der Waals surface area contributed by atoms with Crippen LogP contribution in [0.2, 0.25) is 0 Å². The zero-order valence-electron chi connectivity index (χ0n) is 11.8. The second-order valence-corrected chi connectivity index (χ2v) is 6.71. The Morgan fingerprint density at radius 1 is 1.35 bits per heavy atom. The van der Waals surface area contributed by atoms with Crippen molar-refractivity contribution in [3.05, 3.63) is 0 Å². The Kier molecular flexibility index (Phi) is 4.48. The average molecular weight is 239 g/mol. The van der Waals surface area contributed by atoms with Gasteiger partial charge >= 0.3 is 0 Å². The van der Waals surface area contributed by atoms with Crippen molar-refractivity contribution in [3.63, 3.8) is 0 Å². The lowest BCUT2D eigenvalue weighted by Gasteiger charge is -2.38. The van der Waals surface area contributed by atoms with E-state index in [2.05, 4.69) is 19.2 Å². The first-order chi connectivity index (χ1) is 8.16. The van der Waals surface area contributed by atoms with Crippen LogP contribution >= 0.6 is 0 Å². The highest BCUT2D eigenvalue weighted by Gasteiger charge is 2.49. The molecule has 2 rings (SSSR count). The van der Waals surface area contributed by atoms with E-state index in [4.69, 9.17) is 4.74 Å². The fourth-order valence-electron chi connectivity index (χ4n) is 4.08. The third-order valence-electron chi connectivity index (χ3n) is 4.94. The van der Waals surface area contributed by atoms with Crippen LogP contribution < -0.4 is 5.32 Å². The first-order valence-corrected chi connectivity index (χ1v) is 7.36. The summed E-state index contributed by atoms with van der Waals surface area (Å²) in [5.41, 5.74) is 0.563. The molecule has 2 fully saturated rings. The van der Waals surface area contributed by atoms with Gasteiger partial charge in [-0.05, 0) is 55.4 Å². The molecule has 17 heavy (non-hydrogen) atoms. The van der Waals surface area contributed by atoms with Crippen LogP contribution in [-0.4, -0.2) is 26.8 Å². The van der Waals surface area contributed by atoms with Crippen LogP contribution in [0.3, 0.4) is 0 Å². The molecule has 3 atom stereocenters. The molecule has 0 aromatic heterocycles. The van der Waals surface area contributed by atoms with Crippen molar-refractivity contribution in [1.29, 1.82) is 0 Å². The molecule has 0 heterocycles. The zero-order valence-corrected chi connectivity index (χ0v) is 11.8. The predicted octanol–water partition coefficient (Wildman–Crippen LogP) is 3.07. The summed E-state index contributed by atoms with van der Waals surface area (Å²) < 4.78 is 5.34. The fourth-order valence-corrected chi connectivity index (χ4v) is 4.08. The van der Waals surface area contributed by atoms with Crippen molar-refractivity contribution < 1.29 is 4.74 Å². The molecule has 2 heteroatoms. The van der Waals surface area contributed by atoms with E-state index in [1.54, 1.807) is 0 Å². The smallest absolute Gasteiger partial charge is 0.0468 e. The highest BCUT2D eigenvalue weighted by Crippen LogP contribution is 2.57. The Morgan fingerprint density at radius 2 is 2.18 bits per heavy atom. The van der Waals surface area contributed by atoms with Gasteiger partial charge in [0.2, 0.25) is 0 Å².